The van der Waals surface area contributed by atoms with Gasteiger partial charge in [-0.3, -0.25) is 0 Å². The zero-order valence-electron chi connectivity index (χ0n) is 13.7. The largest absolute Gasteiger partial charge is 0.357 e. The molecule has 0 saturated heterocycles. The van der Waals surface area contributed by atoms with Crippen molar-refractivity contribution in [2.24, 2.45) is 4.99 Å². The fourth-order valence-electron chi connectivity index (χ4n) is 1.91. The molecule has 1 atom stereocenters. The van der Waals surface area contributed by atoms with Crippen molar-refractivity contribution in [2.45, 2.75) is 37.5 Å². The number of aromatic nitrogens is 2. The number of nitrogens with one attached hydrogen (secondary N) is 2. The summed E-state index contributed by atoms with van der Waals surface area (Å²) < 4.78 is 5.07. The lowest BCUT2D eigenvalue weighted by atomic mass is 10.4. The van der Waals surface area contributed by atoms with Crippen molar-refractivity contribution in [2.75, 3.05) is 13.1 Å². The van der Waals surface area contributed by atoms with Gasteiger partial charge in [-0.15, -0.1) is 11.8 Å². The molecule has 2 rings (SSSR count). The first kappa shape index (κ1) is 17.3. The number of benzene rings is 1. The molecular formula is C16H23N5OS. The molecule has 23 heavy (non-hydrogen) atoms. The second-order valence-electron chi connectivity index (χ2n) is 5.05. The highest BCUT2D eigenvalue weighted by Gasteiger charge is 2.07. The van der Waals surface area contributed by atoms with Gasteiger partial charge in [0.1, 0.15) is 6.54 Å². The molecule has 0 spiro atoms. The van der Waals surface area contributed by atoms with Gasteiger partial charge in [-0.25, -0.2) is 4.99 Å². The Morgan fingerprint density at radius 3 is 2.74 bits per heavy atom. The highest BCUT2D eigenvalue weighted by Crippen LogP contribution is 2.21. The lowest BCUT2D eigenvalue weighted by Crippen LogP contribution is -2.40. The van der Waals surface area contributed by atoms with E-state index in [-0.39, 0.29) is 0 Å². The Kier molecular flexibility index (Phi) is 6.93. The van der Waals surface area contributed by atoms with Gasteiger partial charge in [-0.2, -0.15) is 4.98 Å². The van der Waals surface area contributed by atoms with Crippen molar-refractivity contribution in [1.82, 2.24) is 20.8 Å². The molecule has 0 saturated carbocycles. The molecular weight excluding hydrogens is 310 g/mol. The van der Waals surface area contributed by atoms with E-state index < -0.39 is 0 Å². The monoisotopic (exact) mass is 333 g/mol. The molecule has 0 amide bonds. The smallest absolute Gasteiger partial charge is 0.248 e. The molecule has 0 radical (unpaired) electrons. The van der Waals surface area contributed by atoms with Crippen molar-refractivity contribution >= 4 is 17.7 Å². The van der Waals surface area contributed by atoms with E-state index in [0.717, 1.165) is 19.0 Å². The van der Waals surface area contributed by atoms with Crippen LogP contribution in [-0.4, -0.2) is 34.4 Å². The van der Waals surface area contributed by atoms with Gasteiger partial charge in [0.25, 0.3) is 0 Å². The Morgan fingerprint density at radius 2 is 2.09 bits per heavy atom. The summed E-state index contributed by atoms with van der Waals surface area (Å²) in [5, 5.41) is 10.7. The summed E-state index contributed by atoms with van der Waals surface area (Å²) in [5.74, 6) is 1.90. The standard InChI is InChI=1S/C16H23N5OS/c1-4-17-16(19-11-15-20-13(3)21-22-15)18-10-12(2)23-14-8-6-5-7-9-14/h5-9,12H,4,10-11H2,1-3H3,(H2,17,18,19). The Bertz CT molecular complexity index is 614. The maximum absolute atomic E-state index is 5.07. The van der Waals surface area contributed by atoms with E-state index in [2.05, 4.69) is 57.0 Å². The topological polar surface area (TPSA) is 75.3 Å². The number of aryl methyl sites for hydroxylation is 1. The number of thioether (sulfide) groups is 1. The van der Waals surface area contributed by atoms with Gasteiger partial charge in [0.2, 0.25) is 5.89 Å². The molecule has 1 heterocycles. The maximum atomic E-state index is 5.07. The molecule has 124 valence electrons. The predicted octanol–water partition coefficient (Wildman–Crippen LogP) is 2.61. The van der Waals surface area contributed by atoms with Crippen LogP contribution in [0.5, 0.6) is 0 Å². The molecule has 6 nitrogen and oxygen atoms in total. The van der Waals surface area contributed by atoms with Crippen LogP contribution < -0.4 is 10.6 Å². The van der Waals surface area contributed by atoms with E-state index in [4.69, 9.17) is 4.52 Å². The van der Waals surface area contributed by atoms with Crippen molar-refractivity contribution < 1.29 is 4.52 Å². The van der Waals surface area contributed by atoms with Crippen LogP contribution in [0.15, 0.2) is 44.7 Å². The zero-order valence-corrected chi connectivity index (χ0v) is 14.6. The van der Waals surface area contributed by atoms with E-state index in [1.807, 2.05) is 24.8 Å². The fourth-order valence-corrected chi connectivity index (χ4v) is 2.85. The maximum Gasteiger partial charge on any atom is 0.248 e. The number of aliphatic imine (C=N–C) groups is 1. The normalized spacial score (nSPS) is 12.9. The number of rotatable bonds is 7. The van der Waals surface area contributed by atoms with Crippen LogP contribution in [0.2, 0.25) is 0 Å². The predicted molar refractivity (Wildman–Crippen MR) is 93.6 cm³/mol. The Labute approximate surface area is 141 Å². The number of nitrogens with zero attached hydrogens (tertiary/aromatic N) is 3. The Hall–Kier alpha value is -2.02. The van der Waals surface area contributed by atoms with Crippen LogP contribution in [0.1, 0.15) is 25.6 Å². The minimum absolute atomic E-state index is 0.371. The molecule has 7 heteroatoms. The van der Waals surface area contributed by atoms with Crippen molar-refractivity contribution in [3.63, 3.8) is 0 Å². The first-order valence-corrected chi connectivity index (χ1v) is 8.58. The molecule has 0 aliphatic rings. The molecule has 1 aromatic carbocycles. The van der Waals surface area contributed by atoms with Crippen LogP contribution in [0.4, 0.5) is 0 Å². The highest BCUT2D eigenvalue weighted by atomic mass is 32.2. The lowest BCUT2D eigenvalue weighted by molar-refractivity contribution is 0.376. The Balaban J connectivity index is 1.83. The Morgan fingerprint density at radius 1 is 1.30 bits per heavy atom. The quantitative estimate of drug-likeness (QED) is 0.461. The van der Waals surface area contributed by atoms with Crippen molar-refractivity contribution in [1.29, 1.82) is 0 Å². The van der Waals surface area contributed by atoms with Crippen molar-refractivity contribution in [3.05, 3.63) is 42.0 Å². The third kappa shape index (κ3) is 6.32. The SMILES string of the molecule is CCNC(=NCc1nc(C)no1)NCC(C)Sc1ccccc1. The summed E-state index contributed by atoms with van der Waals surface area (Å²) in [5.41, 5.74) is 0. The van der Waals surface area contributed by atoms with Gasteiger partial charge in [-0.05, 0) is 26.0 Å². The summed E-state index contributed by atoms with van der Waals surface area (Å²) in [6.45, 7) is 8.01. The zero-order chi connectivity index (χ0) is 16.5. The summed E-state index contributed by atoms with van der Waals surface area (Å²) in [6.07, 6.45) is 0. The second-order valence-corrected chi connectivity index (χ2v) is 6.56. The van der Waals surface area contributed by atoms with Gasteiger partial charge in [-0.1, -0.05) is 30.3 Å². The second kappa shape index (κ2) is 9.19. The van der Waals surface area contributed by atoms with Gasteiger partial charge in [0.05, 0.1) is 0 Å². The number of hydrogen-bond acceptors (Lipinski definition) is 5. The van der Waals surface area contributed by atoms with Crippen molar-refractivity contribution in [3.8, 4) is 0 Å². The number of guanidine groups is 1. The first-order valence-electron chi connectivity index (χ1n) is 7.70. The van der Waals surface area contributed by atoms with Crippen LogP contribution in [-0.2, 0) is 6.54 Å². The van der Waals surface area contributed by atoms with Crippen LogP contribution >= 0.6 is 11.8 Å². The molecule has 0 aliphatic heterocycles. The van der Waals surface area contributed by atoms with E-state index in [1.54, 1.807) is 6.92 Å². The minimum Gasteiger partial charge on any atom is -0.357 e. The third-order valence-corrected chi connectivity index (χ3v) is 4.04. The summed E-state index contributed by atoms with van der Waals surface area (Å²) in [7, 11) is 0. The first-order chi connectivity index (χ1) is 11.2. The molecule has 1 aromatic heterocycles. The van der Waals surface area contributed by atoms with Crippen LogP contribution in [0, 0.1) is 6.92 Å². The molecule has 2 N–H and O–H groups in total. The average Bonchev–Trinajstić information content (AvgIpc) is 2.96. The van der Waals surface area contributed by atoms with Gasteiger partial charge >= 0.3 is 0 Å². The summed E-state index contributed by atoms with van der Waals surface area (Å²) in [4.78, 5) is 9.88. The number of hydrogen-bond donors (Lipinski definition) is 2. The molecule has 0 aliphatic carbocycles. The van der Waals surface area contributed by atoms with Crippen LogP contribution in [0.3, 0.4) is 0 Å². The average molecular weight is 333 g/mol. The fraction of sp³-hybridized carbons (Fsp3) is 0.438. The van der Waals surface area contributed by atoms with Gasteiger partial charge in [0, 0.05) is 23.2 Å². The van der Waals surface area contributed by atoms with E-state index in [1.165, 1.54) is 4.90 Å². The van der Waals surface area contributed by atoms with E-state index in [0.29, 0.717) is 23.5 Å². The van der Waals surface area contributed by atoms with Gasteiger partial charge < -0.3 is 15.2 Å². The highest BCUT2D eigenvalue weighted by molar-refractivity contribution is 8.00. The van der Waals surface area contributed by atoms with E-state index in [9.17, 15) is 0 Å². The molecule has 2 aromatic rings. The van der Waals surface area contributed by atoms with E-state index >= 15 is 0 Å². The molecule has 0 bridgehead atoms. The van der Waals surface area contributed by atoms with Crippen LogP contribution in [0.25, 0.3) is 0 Å². The van der Waals surface area contributed by atoms with Gasteiger partial charge in [0.15, 0.2) is 11.8 Å². The third-order valence-electron chi connectivity index (χ3n) is 2.92. The lowest BCUT2D eigenvalue weighted by Gasteiger charge is -2.15. The summed E-state index contributed by atoms with van der Waals surface area (Å²) in [6, 6.07) is 10.4. The molecule has 1 unspecified atom stereocenters. The minimum atomic E-state index is 0.371. The molecule has 0 fully saturated rings. The summed E-state index contributed by atoms with van der Waals surface area (Å²) >= 11 is 1.84.